The number of aliphatic hydroxyl groups excluding tert-OH is 1. The van der Waals surface area contributed by atoms with E-state index in [2.05, 4.69) is 12.2 Å². The van der Waals surface area contributed by atoms with Gasteiger partial charge in [-0.2, -0.15) is 0 Å². The SMILES string of the molecule is CCCCCCCCCCCCCCCCCC(O)NCCOCCOCC=O. The van der Waals surface area contributed by atoms with E-state index in [9.17, 15) is 9.90 Å². The third kappa shape index (κ3) is 25.5. The van der Waals surface area contributed by atoms with Crippen molar-refractivity contribution in [1.82, 2.24) is 5.32 Å². The van der Waals surface area contributed by atoms with Crippen LogP contribution in [0, 0.1) is 0 Å². The Hall–Kier alpha value is -0.490. The van der Waals surface area contributed by atoms with Crippen LogP contribution in [0.15, 0.2) is 0 Å². The van der Waals surface area contributed by atoms with E-state index in [1.54, 1.807) is 0 Å². The first-order chi connectivity index (χ1) is 14.3. The second-order valence-corrected chi connectivity index (χ2v) is 8.06. The van der Waals surface area contributed by atoms with E-state index in [4.69, 9.17) is 9.47 Å². The average Bonchev–Trinajstić information content (AvgIpc) is 2.72. The minimum Gasteiger partial charge on any atom is -0.379 e. The predicted molar refractivity (Wildman–Crippen MR) is 121 cm³/mol. The largest absolute Gasteiger partial charge is 0.379 e. The molecule has 0 rings (SSSR count). The van der Waals surface area contributed by atoms with Gasteiger partial charge in [0, 0.05) is 6.54 Å². The lowest BCUT2D eigenvalue weighted by Crippen LogP contribution is -2.31. The van der Waals surface area contributed by atoms with Gasteiger partial charge in [-0.25, -0.2) is 0 Å². The Kier molecular flexibility index (Phi) is 25.1. The highest BCUT2D eigenvalue weighted by atomic mass is 16.5. The van der Waals surface area contributed by atoms with Crippen LogP contribution in [-0.4, -0.2) is 50.6 Å². The van der Waals surface area contributed by atoms with Gasteiger partial charge >= 0.3 is 0 Å². The van der Waals surface area contributed by atoms with Crippen LogP contribution in [0.4, 0.5) is 0 Å². The number of unbranched alkanes of at least 4 members (excludes halogenated alkanes) is 14. The van der Waals surface area contributed by atoms with Crippen molar-refractivity contribution in [2.24, 2.45) is 0 Å². The van der Waals surface area contributed by atoms with Gasteiger partial charge in [0.2, 0.25) is 0 Å². The summed E-state index contributed by atoms with van der Waals surface area (Å²) in [4.78, 5) is 10.1. The third-order valence-corrected chi connectivity index (χ3v) is 5.27. The summed E-state index contributed by atoms with van der Waals surface area (Å²) in [7, 11) is 0. The summed E-state index contributed by atoms with van der Waals surface area (Å²) >= 11 is 0. The van der Waals surface area contributed by atoms with Crippen LogP contribution in [0.1, 0.15) is 110 Å². The molecule has 0 aromatic heterocycles. The van der Waals surface area contributed by atoms with Gasteiger partial charge in [-0.1, -0.05) is 96.8 Å². The van der Waals surface area contributed by atoms with Crippen molar-refractivity contribution < 1.29 is 19.4 Å². The molecule has 0 radical (unpaired) electrons. The Morgan fingerprint density at radius 3 is 1.72 bits per heavy atom. The van der Waals surface area contributed by atoms with Crippen molar-refractivity contribution in [3.05, 3.63) is 0 Å². The Balaban J connectivity index is 3.12. The van der Waals surface area contributed by atoms with E-state index in [1.165, 1.54) is 89.9 Å². The molecule has 0 aromatic carbocycles. The van der Waals surface area contributed by atoms with E-state index in [-0.39, 0.29) is 6.61 Å². The third-order valence-electron chi connectivity index (χ3n) is 5.27. The van der Waals surface area contributed by atoms with E-state index in [0.29, 0.717) is 26.4 Å². The summed E-state index contributed by atoms with van der Waals surface area (Å²) in [5.74, 6) is 0. The zero-order chi connectivity index (χ0) is 21.3. The molecular weight excluding hydrogens is 366 g/mol. The maximum Gasteiger partial charge on any atom is 0.145 e. The standard InChI is InChI=1S/C24H49NO4/c1-2-3-4-5-6-7-8-9-10-11-12-13-14-15-16-17-24(27)25-18-20-28-22-23-29-21-19-26/h19,24-25,27H,2-18,20-23H2,1H3. The van der Waals surface area contributed by atoms with Gasteiger partial charge in [0.25, 0.3) is 0 Å². The number of hydrogen-bond donors (Lipinski definition) is 2. The van der Waals surface area contributed by atoms with Gasteiger partial charge in [0.15, 0.2) is 0 Å². The summed E-state index contributed by atoms with van der Waals surface area (Å²) in [6.45, 7) is 4.48. The van der Waals surface area contributed by atoms with Crippen LogP contribution in [0.25, 0.3) is 0 Å². The second-order valence-electron chi connectivity index (χ2n) is 8.06. The van der Waals surface area contributed by atoms with Crippen LogP contribution in [0.5, 0.6) is 0 Å². The maximum atomic E-state index is 10.1. The number of carbonyl (C=O) groups excluding carboxylic acids is 1. The van der Waals surface area contributed by atoms with Crippen molar-refractivity contribution in [1.29, 1.82) is 0 Å². The van der Waals surface area contributed by atoms with E-state index >= 15 is 0 Å². The maximum absolute atomic E-state index is 10.1. The molecule has 0 spiro atoms. The lowest BCUT2D eigenvalue weighted by molar-refractivity contribution is -0.112. The minimum atomic E-state index is -0.438. The summed E-state index contributed by atoms with van der Waals surface area (Å²) in [6, 6.07) is 0. The number of aldehydes is 1. The number of rotatable bonds is 25. The van der Waals surface area contributed by atoms with Gasteiger partial charge in [-0.15, -0.1) is 0 Å². The highest BCUT2D eigenvalue weighted by Gasteiger charge is 2.02. The molecule has 2 N–H and O–H groups in total. The Bertz CT molecular complexity index is 315. The molecule has 0 saturated carbocycles. The van der Waals surface area contributed by atoms with Crippen molar-refractivity contribution in [3.63, 3.8) is 0 Å². The van der Waals surface area contributed by atoms with Crippen molar-refractivity contribution in [2.75, 3.05) is 33.0 Å². The Labute approximate surface area is 180 Å². The zero-order valence-electron chi connectivity index (χ0n) is 19.2. The first-order valence-electron chi connectivity index (χ1n) is 12.3. The highest BCUT2D eigenvalue weighted by molar-refractivity contribution is 5.50. The lowest BCUT2D eigenvalue weighted by Gasteiger charge is -2.12. The molecule has 1 unspecified atom stereocenters. The van der Waals surface area contributed by atoms with Gasteiger partial charge in [0.05, 0.1) is 19.8 Å². The topological polar surface area (TPSA) is 67.8 Å². The Morgan fingerprint density at radius 2 is 1.21 bits per heavy atom. The molecular formula is C24H49NO4. The van der Waals surface area contributed by atoms with Crippen LogP contribution in [-0.2, 0) is 14.3 Å². The molecule has 0 aliphatic heterocycles. The van der Waals surface area contributed by atoms with Gasteiger partial charge < -0.3 is 19.4 Å². The van der Waals surface area contributed by atoms with Crippen molar-refractivity contribution in [2.45, 2.75) is 116 Å². The van der Waals surface area contributed by atoms with Gasteiger partial charge in [0.1, 0.15) is 19.1 Å². The fourth-order valence-electron chi connectivity index (χ4n) is 3.46. The molecule has 5 heteroatoms. The molecule has 1 atom stereocenters. The van der Waals surface area contributed by atoms with Gasteiger partial charge in [-0.3, -0.25) is 5.32 Å². The molecule has 0 saturated heterocycles. The fraction of sp³-hybridized carbons (Fsp3) is 0.958. The van der Waals surface area contributed by atoms with E-state index in [1.807, 2.05) is 0 Å². The van der Waals surface area contributed by atoms with E-state index in [0.717, 1.165) is 19.1 Å². The number of aliphatic hydroxyl groups is 1. The number of hydrogen-bond acceptors (Lipinski definition) is 5. The minimum absolute atomic E-state index is 0.125. The normalized spacial score (nSPS) is 12.3. The number of nitrogens with one attached hydrogen (secondary N) is 1. The molecule has 0 aliphatic carbocycles. The molecule has 0 aromatic rings. The van der Waals surface area contributed by atoms with Crippen LogP contribution < -0.4 is 5.32 Å². The summed E-state index contributed by atoms with van der Waals surface area (Å²) in [5.41, 5.74) is 0. The van der Waals surface area contributed by atoms with E-state index < -0.39 is 6.23 Å². The molecule has 5 nitrogen and oxygen atoms in total. The van der Waals surface area contributed by atoms with Crippen molar-refractivity contribution in [3.8, 4) is 0 Å². The van der Waals surface area contributed by atoms with Crippen molar-refractivity contribution >= 4 is 6.29 Å². The molecule has 0 amide bonds. The molecule has 29 heavy (non-hydrogen) atoms. The summed E-state index contributed by atoms with van der Waals surface area (Å²) in [5, 5.41) is 13.0. The average molecular weight is 416 g/mol. The molecule has 0 bridgehead atoms. The zero-order valence-corrected chi connectivity index (χ0v) is 19.2. The Morgan fingerprint density at radius 1 is 0.724 bits per heavy atom. The highest BCUT2D eigenvalue weighted by Crippen LogP contribution is 2.13. The smallest absolute Gasteiger partial charge is 0.145 e. The number of carbonyl (C=O) groups is 1. The summed E-state index contributed by atoms with van der Waals surface area (Å²) in [6.07, 6.45) is 21.5. The van der Waals surface area contributed by atoms with Crippen LogP contribution in [0.2, 0.25) is 0 Å². The molecule has 0 fully saturated rings. The first kappa shape index (κ1) is 28.5. The summed E-state index contributed by atoms with van der Waals surface area (Å²) < 4.78 is 10.3. The molecule has 174 valence electrons. The number of ether oxygens (including phenoxy) is 2. The first-order valence-corrected chi connectivity index (χ1v) is 12.3. The lowest BCUT2D eigenvalue weighted by atomic mass is 10.0. The second kappa shape index (κ2) is 25.5. The quantitative estimate of drug-likeness (QED) is 0.119. The van der Waals surface area contributed by atoms with Crippen LogP contribution in [0.3, 0.4) is 0 Å². The van der Waals surface area contributed by atoms with Crippen LogP contribution >= 0.6 is 0 Å². The molecule has 0 heterocycles. The monoisotopic (exact) mass is 415 g/mol. The predicted octanol–water partition coefficient (Wildman–Crippen LogP) is 5.39. The fourth-order valence-corrected chi connectivity index (χ4v) is 3.46. The molecule has 0 aliphatic rings. The van der Waals surface area contributed by atoms with Gasteiger partial charge in [-0.05, 0) is 12.8 Å².